The first kappa shape index (κ1) is 26.4. The second-order valence-electron chi connectivity index (χ2n) is 7.86. The van der Waals surface area contributed by atoms with Gasteiger partial charge in [0.15, 0.2) is 0 Å². The molecule has 0 atom stereocenters. The molecule has 180 valence electrons. The minimum Gasteiger partial charge on any atom is -0.462 e. The van der Waals surface area contributed by atoms with E-state index in [2.05, 4.69) is 0 Å². The van der Waals surface area contributed by atoms with E-state index in [1.165, 1.54) is 12.2 Å². The van der Waals surface area contributed by atoms with Gasteiger partial charge in [-0.2, -0.15) is 0 Å². The van der Waals surface area contributed by atoms with Gasteiger partial charge >= 0.3 is 11.9 Å². The first-order valence-corrected chi connectivity index (χ1v) is 11.0. The van der Waals surface area contributed by atoms with Crippen LogP contribution in [0.5, 0.6) is 0 Å². The molecule has 0 fully saturated rings. The molecule has 0 spiro atoms. The first-order valence-electron chi connectivity index (χ1n) is 11.0. The number of rotatable bonds is 10. The van der Waals surface area contributed by atoms with E-state index in [0.29, 0.717) is 11.1 Å². The highest BCUT2D eigenvalue weighted by Gasteiger charge is 2.28. The summed E-state index contributed by atoms with van der Waals surface area (Å²) in [5.74, 6) is -2.37. The molecule has 7 nitrogen and oxygen atoms in total. The smallest absolute Gasteiger partial charge is 0.342 e. The van der Waals surface area contributed by atoms with E-state index < -0.39 is 17.7 Å². The third-order valence-corrected chi connectivity index (χ3v) is 4.92. The molecule has 0 bridgehead atoms. The van der Waals surface area contributed by atoms with Crippen LogP contribution in [-0.2, 0) is 23.9 Å². The summed E-state index contributed by atoms with van der Waals surface area (Å²) in [4.78, 5) is 42.8. The maximum atomic E-state index is 13.5. The molecule has 0 amide bonds. The zero-order valence-corrected chi connectivity index (χ0v) is 20.6. The lowest BCUT2D eigenvalue weighted by Crippen LogP contribution is -2.23. The molecular formula is C27H32N2O5. The highest BCUT2D eigenvalue weighted by molar-refractivity contribution is 6.35. The lowest BCUT2D eigenvalue weighted by molar-refractivity contribution is -0.140. The fourth-order valence-electron chi connectivity index (χ4n) is 3.07. The molecule has 0 radical (unpaired) electrons. The van der Waals surface area contributed by atoms with Crippen molar-refractivity contribution in [1.29, 1.82) is 0 Å². The van der Waals surface area contributed by atoms with Gasteiger partial charge in [0.2, 0.25) is 5.78 Å². The van der Waals surface area contributed by atoms with Gasteiger partial charge in [-0.3, -0.25) is 4.79 Å². The summed E-state index contributed by atoms with van der Waals surface area (Å²) in [7, 11) is 7.67. The van der Waals surface area contributed by atoms with Crippen LogP contribution in [0.4, 0.5) is 11.4 Å². The summed E-state index contributed by atoms with van der Waals surface area (Å²) < 4.78 is 10.2. The molecule has 0 heterocycles. The number of ether oxygens (including phenoxy) is 2. The fourth-order valence-corrected chi connectivity index (χ4v) is 3.07. The molecule has 2 aromatic carbocycles. The van der Waals surface area contributed by atoms with E-state index >= 15 is 0 Å². The fraction of sp³-hybridized carbons (Fsp3) is 0.296. The number of carbonyl (C=O) groups excluding carboxylic acids is 3. The Bertz CT molecular complexity index is 980. The summed E-state index contributed by atoms with van der Waals surface area (Å²) in [6.45, 7) is 3.49. The summed E-state index contributed by atoms with van der Waals surface area (Å²) in [5, 5.41) is 0. The zero-order chi connectivity index (χ0) is 25.3. The normalized spacial score (nSPS) is 11.6. The second-order valence-corrected chi connectivity index (χ2v) is 7.86. The summed E-state index contributed by atoms with van der Waals surface area (Å²) in [6, 6.07) is 14.6. The minimum absolute atomic E-state index is 0.0907. The molecule has 0 saturated heterocycles. The van der Waals surface area contributed by atoms with Gasteiger partial charge in [0.25, 0.3) is 0 Å². The van der Waals surface area contributed by atoms with Gasteiger partial charge in [-0.1, -0.05) is 24.3 Å². The van der Waals surface area contributed by atoms with Gasteiger partial charge in [0, 0.05) is 39.6 Å². The highest BCUT2D eigenvalue weighted by atomic mass is 16.5. The van der Waals surface area contributed by atoms with Gasteiger partial charge in [0.1, 0.15) is 11.1 Å². The van der Waals surface area contributed by atoms with Crippen molar-refractivity contribution >= 4 is 41.2 Å². The molecule has 0 unspecified atom stereocenters. The van der Waals surface area contributed by atoms with Crippen molar-refractivity contribution in [2.75, 3.05) is 51.2 Å². The number of Topliss-reactive ketones (excluding diaryl/α,β-unsaturated/α-hetero) is 1. The van der Waals surface area contributed by atoms with E-state index in [-0.39, 0.29) is 24.4 Å². The van der Waals surface area contributed by atoms with Gasteiger partial charge in [-0.05, 0) is 61.4 Å². The Labute approximate surface area is 201 Å². The largest absolute Gasteiger partial charge is 0.462 e. The van der Waals surface area contributed by atoms with Crippen LogP contribution in [0.25, 0.3) is 12.2 Å². The Hall–Kier alpha value is -3.87. The number of ketones is 1. The molecule has 0 N–H and O–H groups in total. The number of carbonyl (C=O) groups is 3. The molecule has 2 rings (SSSR count). The minimum atomic E-state index is -0.803. The SMILES string of the molecule is CCOC(=O)C(=Cc1ccc(N(C)C)cc1)C(=O)C(=Cc1ccc(N(C)C)cc1)C(=O)OCC. The maximum Gasteiger partial charge on any atom is 0.342 e. The van der Waals surface area contributed by atoms with Crippen molar-refractivity contribution in [2.24, 2.45) is 0 Å². The number of nitrogens with zero attached hydrogens (tertiary/aromatic N) is 2. The van der Waals surface area contributed by atoms with Crippen LogP contribution in [0.3, 0.4) is 0 Å². The number of hydrogen-bond acceptors (Lipinski definition) is 7. The number of anilines is 2. The first-order chi connectivity index (χ1) is 16.2. The number of hydrogen-bond donors (Lipinski definition) is 0. The number of benzene rings is 2. The molecule has 0 aliphatic carbocycles. The lowest BCUT2D eigenvalue weighted by Gasteiger charge is -2.13. The predicted octanol–water partition coefficient (Wildman–Crippen LogP) is 3.98. The Balaban J connectivity index is 2.54. The molecule has 0 aliphatic rings. The lowest BCUT2D eigenvalue weighted by atomic mass is 9.98. The van der Waals surface area contributed by atoms with Crippen molar-refractivity contribution in [3.63, 3.8) is 0 Å². The van der Waals surface area contributed by atoms with Crippen molar-refractivity contribution in [2.45, 2.75) is 13.8 Å². The molecule has 0 aliphatic heterocycles. The quantitative estimate of drug-likeness (QED) is 0.228. The molecule has 0 saturated carbocycles. The van der Waals surface area contributed by atoms with E-state index in [4.69, 9.17) is 9.47 Å². The van der Waals surface area contributed by atoms with Gasteiger partial charge < -0.3 is 19.3 Å². The Kier molecular flexibility index (Phi) is 9.62. The number of esters is 2. The molecular weight excluding hydrogens is 432 g/mol. The summed E-state index contributed by atoms with van der Waals surface area (Å²) in [5.41, 5.74) is 2.69. The molecule has 0 aromatic heterocycles. The molecule has 2 aromatic rings. The van der Waals surface area contributed by atoms with Crippen molar-refractivity contribution in [1.82, 2.24) is 0 Å². The molecule has 7 heteroatoms. The van der Waals surface area contributed by atoms with Crippen LogP contribution >= 0.6 is 0 Å². The Morgan fingerprint density at radius 3 is 1.24 bits per heavy atom. The predicted molar refractivity (Wildman–Crippen MR) is 136 cm³/mol. The topological polar surface area (TPSA) is 76.2 Å². The highest BCUT2D eigenvalue weighted by Crippen LogP contribution is 2.21. The monoisotopic (exact) mass is 464 g/mol. The van der Waals surface area contributed by atoms with Crippen LogP contribution in [-0.4, -0.2) is 59.1 Å². The molecule has 34 heavy (non-hydrogen) atoms. The van der Waals surface area contributed by atoms with E-state index in [9.17, 15) is 14.4 Å². The van der Waals surface area contributed by atoms with Crippen molar-refractivity contribution in [3.8, 4) is 0 Å². The van der Waals surface area contributed by atoms with Crippen LogP contribution in [0, 0.1) is 0 Å². The van der Waals surface area contributed by atoms with Crippen LogP contribution in [0.1, 0.15) is 25.0 Å². The van der Waals surface area contributed by atoms with E-state index in [1.807, 2.05) is 62.3 Å². The van der Waals surface area contributed by atoms with Crippen LogP contribution < -0.4 is 9.80 Å². The van der Waals surface area contributed by atoms with Crippen LogP contribution in [0.15, 0.2) is 59.7 Å². The third-order valence-electron chi connectivity index (χ3n) is 4.92. The van der Waals surface area contributed by atoms with Crippen molar-refractivity contribution < 1.29 is 23.9 Å². The van der Waals surface area contributed by atoms with Crippen LogP contribution in [0.2, 0.25) is 0 Å². The van der Waals surface area contributed by atoms with Gasteiger partial charge in [0.05, 0.1) is 13.2 Å². The third kappa shape index (κ3) is 7.07. The average molecular weight is 465 g/mol. The average Bonchev–Trinajstić information content (AvgIpc) is 2.81. The van der Waals surface area contributed by atoms with Gasteiger partial charge in [-0.15, -0.1) is 0 Å². The van der Waals surface area contributed by atoms with E-state index in [0.717, 1.165) is 11.4 Å². The van der Waals surface area contributed by atoms with Crippen molar-refractivity contribution in [3.05, 3.63) is 70.8 Å². The van der Waals surface area contributed by atoms with Gasteiger partial charge in [-0.25, -0.2) is 9.59 Å². The Morgan fingerprint density at radius 2 is 0.971 bits per heavy atom. The van der Waals surface area contributed by atoms with E-state index in [1.54, 1.807) is 38.1 Å². The maximum absolute atomic E-state index is 13.5. The second kappa shape index (κ2) is 12.4. The summed E-state index contributed by atoms with van der Waals surface area (Å²) in [6.07, 6.45) is 2.87. The Morgan fingerprint density at radius 1 is 0.647 bits per heavy atom. The summed E-state index contributed by atoms with van der Waals surface area (Å²) >= 11 is 0. The standard InChI is InChI=1S/C27H32N2O5/c1-7-33-26(31)23(17-19-9-13-21(14-10-19)28(3)4)25(30)24(27(32)34-8-2)18-20-11-15-22(16-12-20)29(5)6/h9-18H,7-8H2,1-6H3. The zero-order valence-electron chi connectivity index (χ0n) is 20.6.